The molecule has 1 heterocycles. The molecule has 6 nitrogen and oxygen atoms in total. The number of carbonyl (C=O) groups excluding carboxylic acids is 2. The lowest BCUT2D eigenvalue weighted by Gasteiger charge is -2.21. The lowest BCUT2D eigenvalue weighted by molar-refractivity contribution is -0.130. The first kappa shape index (κ1) is 19.5. The zero-order chi connectivity index (χ0) is 20.1. The third-order valence-electron chi connectivity index (χ3n) is 4.65. The maximum atomic E-state index is 12.7. The molecule has 6 heteroatoms. The van der Waals surface area contributed by atoms with E-state index in [4.69, 9.17) is 9.15 Å². The van der Waals surface area contributed by atoms with Gasteiger partial charge in [0.05, 0.1) is 19.2 Å². The first-order chi connectivity index (χ1) is 13.5. The van der Waals surface area contributed by atoms with Gasteiger partial charge in [-0.05, 0) is 37.6 Å². The summed E-state index contributed by atoms with van der Waals surface area (Å²) >= 11 is 0. The summed E-state index contributed by atoms with van der Waals surface area (Å²) in [5.74, 6) is 0.666. The molecule has 0 aliphatic carbocycles. The Morgan fingerprint density at radius 3 is 2.57 bits per heavy atom. The zero-order valence-corrected chi connectivity index (χ0v) is 16.3. The van der Waals surface area contributed by atoms with Crippen LogP contribution >= 0.6 is 0 Å². The van der Waals surface area contributed by atoms with Gasteiger partial charge in [0.25, 0.3) is 5.91 Å². The van der Waals surface area contributed by atoms with E-state index in [0.717, 1.165) is 5.56 Å². The van der Waals surface area contributed by atoms with Crippen molar-refractivity contribution in [1.29, 1.82) is 0 Å². The van der Waals surface area contributed by atoms with Crippen molar-refractivity contribution in [2.45, 2.75) is 20.4 Å². The predicted molar refractivity (Wildman–Crippen MR) is 107 cm³/mol. The smallest absolute Gasteiger partial charge is 0.255 e. The predicted octanol–water partition coefficient (Wildman–Crippen LogP) is 3.53. The normalized spacial score (nSPS) is 10.7. The summed E-state index contributed by atoms with van der Waals surface area (Å²) in [4.78, 5) is 27.0. The minimum absolute atomic E-state index is 0.0738. The Balaban J connectivity index is 1.70. The number of furan rings is 1. The summed E-state index contributed by atoms with van der Waals surface area (Å²) in [5.41, 5.74) is 2.08. The Bertz CT molecular complexity index is 979. The van der Waals surface area contributed by atoms with E-state index in [2.05, 4.69) is 5.32 Å². The molecule has 0 atom stereocenters. The van der Waals surface area contributed by atoms with Crippen LogP contribution in [0.4, 0.5) is 0 Å². The lowest BCUT2D eigenvalue weighted by atomic mass is 10.1. The first-order valence-corrected chi connectivity index (χ1v) is 9.20. The largest absolute Gasteiger partial charge is 0.497 e. The van der Waals surface area contributed by atoms with Gasteiger partial charge >= 0.3 is 0 Å². The molecule has 3 aromatic rings. The van der Waals surface area contributed by atoms with Crippen LogP contribution in [0.25, 0.3) is 11.0 Å². The molecule has 146 valence electrons. The third-order valence-corrected chi connectivity index (χ3v) is 4.65. The molecule has 1 N–H and O–H groups in total. The number of likely N-dealkylation sites (N-methyl/N-ethyl adjacent to an activating group) is 1. The molecule has 0 fully saturated rings. The molecular weight excluding hydrogens is 356 g/mol. The van der Waals surface area contributed by atoms with Crippen molar-refractivity contribution >= 4 is 22.8 Å². The number of nitrogens with one attached hydrogen (secondary N) is 1. The van der Waals surface area contributed by atoms with E-state index >= 15 is 0 Å². The molecule has 28 heavy (non-hydrogen) atoms. The van der Waals surface area contributed by atoms with Gasteiger partial charge in [0.15, 0.2) is 0 Å². The van der Waals surface area contributed by atoms with E-state index in [0.29, 0.717) is 41.1 Å². The number of carbonyl (C=O) groups is 2. The summed E-state index contributed by atoms with van der Waals surface area (Å²) in [6.07, 6.45) is 0. The van der Waals surface area contributed by atoms with Gasteiger partial charge in [-0.25, -0.2) is 0 Å². The fourth-order valence-electron chi connectivity index (χ4n) is 3.14. The maximum Gasteiger partial charge on any atom is 0.255 e. The van der Waals surface area contributed by atoms with Crippen LogP contribution in [-0.4, -0.2) is 36.9 Å². The van der Waals surface area contributed by atoms with Gasteiger partial charge in [0.2, 0.25) is 5.91 Å². The summed E-state index contributed by atoms with van der Waals surface area (Å²) in [6, 6.07) is 15.1. The average molecular weight is 380 g/mol. The van der Waals surface area contributed by atoms with Crippen molar-refractivity contribution in [2.24, 2.45) is 0 Å². The van der Waals surface area contributed by atoms with Crippen LogP contribution < -0.4 is 10.1 Å². The highest BCUT2D eigenvalue weighted by molar-refractivity contribution is 6.08. The SMILES string of the molecule is CCN(Cc1ccccc1)C(=O)CNC(=O)c1c(C)oc2ccc(OC)cc12. The Kier molecular flexibility index (Phi) is 5.99. The van der Waals surface area contributed by atoms with E-state index in [9.17, 15) is 9.59 Å². The number of benzene rings is 2. The molecule has 0 saturated carbocycles. The quantitative estimate of drug-likeness (QED) is 0.681. The Labute approximate surface area is 164 Å². The fraction of sp³-hybridized carbons (Fsp3) is 0.273. The number of aryl methyl sites for hydroxylation is 1. The summed E-state index contributed by atoms with van der Waals surface area (Å²) in [6.45, 7) is 4.65. The molecule has 3 rings (SSSR count). The molecule has 2 amide bonds. The minimum atomic E-state index is -0.339. The number of methoxy groups -OCH3 is 1. The molecule has 0 saturated heterocycles. The van der Waals surface area contributed by atoms with Crippen molar-refractivity contribution in [3.63, 3.8) is 0 Å². The second-order valence-corrected chi connectivity index (χ2v) is 6.47. The third kappa shape index (κ3) is 4.17. The highest BCUT2D eigenvalue weighted by atomic mass is 16.5. The number of nitrogens with zero attached hydrogens (tertiary/aromatic N) is 1. The fourth-order valence-corrected chi connectivity index (χ4v) is 3.14. The maximum absolute atomic E-state index is 12.7. The van der Waals surface area contributed by atoms with Crippen molar-refractivity contribution in [3.8, 4) is 5.75 Å². The second-order valence-electron chi connectivity index (χ2n) is 6.47. The average Bonchev–Trinajstić information content (AvgIpc) is 3.05. The molecule has 2 aromatic carbocycles. The summed E-state index contributed by atoms with van der Waals surface area (Å²) in [5, 5.41) is 3.39. The van der Waals surface area contributed by atoms with Gasteiger partial charge in [-0.3, -0.25) is 9.59 Å². The van der Waals surface area contributed by atoms with E-state index in [1.54, 1.807) is 37.1 Å². The van der Waals surface area contributed by atoms with E-state index in [1.165, 1.54) is 0 Å². The van der Waals surface area contributed by atoms with Gasteiger partial charge in [0, 0.05) is 18.5 Å². The number of amides is 2. The van der Waals surface area contributed by atoms with E-state index < -0.39 is 0 Å². The molecule has 0 aliphatic heterocycles. The molecule has 0 aliphatic rings. The number of fused-ring (bicyclic) bond motifs is 1. The van der Waals surface area contributed by atoms with Crippen LogP contribution in [-0.2, 0) is 11.3 Å². The second kappa shape index (κ2) is 8.61. The van der Waals surface area contributed by atoms with Crippen LogP contribution in [0.2, 0.25) is 0 Å². The topological polar surface area (TPSA) is 71.8 Å². The zero-order valence-electron chi connectivity index (χ0n) is 16.3. The van der Waals surface area contributed by atoms with Crippen LogP contribution in [0.1, 0.15) is 28.6 Å². The molecular formula is C22H24N2O4. The van der Waals surface area contributed by atoms with Gasteiger partial charge in [-0.1, -0.05) is 30.3 Å². The van der Waals surface area contributed by atoms with Crippen molar-refractivity contribution in [2.75, 3.05) is 20.2 Å². The summed E-state index contributed by atoms with van der Waals surface area (Å²) < 4.78 is 10.9. The molecule has 0 unspecified atom stereocenters. The highest BCUT2D eigenvalue weighted by Crippen LogP contribution is 2.28. The summed E-state index contributed by atoms with van der Waals surface area (Å²) in [7, 11) is 1.57. The van der Waals surface area contributed by atoms with Gasteiger partial charge < -0.3 is 19.4 Å². The standard InChI is InChI=1S/C22H24N2O4/c1-4-24(14-16-8-6-5-7-9-16)20(25)13-23-22(26)21-15(2)28-19-11-10-17(27-3)12-18(19)21/h5-12H,4,13-14H2,1-3H3,(H,23,26). The lowest BCUT2D eigenvalue weighted by Crippen LogP contribution is -2.39. The molecule has 1 aromatic heterocycles. The molecule has 0 spiro atoms. The number of rotatable bonds is 7. The van der Waals surface area contributed by atoms with Crippen molar-refractivity contribution in [3.05, 3.63) is 65.4 Å². The minimum Gasteiger partial charge on any atom is -0.497 e. The van der Waals surface area contributed by atoms with Crippen molar-refractivity contribution < 1.29 is 18.7 Å². The van der Waals surface area contributed by atoms with Gasteiger partial charge in [-0.15, -0.1) is 0 Å². The Hall–Kier alpha value is -3.28. The van der Waals surface area contributed by atoms with Gasteiger partial charge in [-0.2, -0.15) is 0 Å². The molecule has 0 bridgehead atoms. The van der Waals surface area contributed by atoms with Crippen LogP contribution in [0.3, 0.4) is 0 Å². The van der Waals surface area contributed by atoms with E-state index in [1.807, 2.05) is 37.3 Å². The molecule has 0 radical (unpaired) electrons. The number of hydrogen-bond donors (Lipinski definition) is 1. The van der Waals surface area contributed by atoms with Crippen LogP contribution in [0.5, 0.6) is 5.75 Å². The van der Waals surface area contributed by atoms with Crippen molar-refractivity contribution in [1.82, 2.24) is 10.2 Å². The van der Waals surface area contributed by atoms with E-state index in [-0.39, 0.29) is 18.4 Å². The monoisotopic (exact) mass is 380 g/mol. The Morgan fingerprint density at radius 1 is 1.14 bits per heavy atom. The first-order valence-electron chi connectivity index (χ1n) is 9.20. The number of ether oxygens (including phenoxy) is 1. The number of hydrogen-bond acceptors (Lipinski definition) is 4. The van der Waals surface area contributed by atoms with Gasteiger partial charge in [0.1, 0.15) is 17.1 Å². The highest BCUT2D eigenvalue weighted by Gasteiger charge is 2.20. The van der Waals surface area contributed by atoms with Crippen LogP contribution in [0.15, 0.2) is 52.9 Å². The van der Waals surface area contributed by atoms with Crippen LogP contribution in [0, 0.1) is 6.92 Å². The Morgan fingerprint density at radius 2 is 1.89 bits per heavy atom.